The molecule has 3 amide bonds. The lowest BCUT2D eigenvalue weighted by molar-refractivity contribution is -0.142. The van der Waals surface area contributed by atoms with Gasteiger partial charge < -0.3 is 9.80 Å². The second kappa shape index (κ2) is 9.84. The van der Waals surface area contributed by atoms with Crippen molar-refractivity contribution in [3.05, 3.63) is 46.1 Å². The minimum absolute atomic E-state index is 0.0385. The van der Waals surface area contributed by atoms with Gasteiger partial charge in [0.05, 0.1) is 33.4 Å². The van der Waals surface area contributed by atoms with Gasteiger partial charge in [-0.05, 0) is 56.6 Å². The smallest absolute Gasteiger partial charge is 0.337 e. The summed E-state index contributed by atoms with van der Waals surface area (Å²) in [6.45, 7) is 8.80. The number of carbonyl (C=O) groups excluding carboxylic acids is 3. The number of aromatic nitrogens is 2. The van der Waals surface area contributed by atoms with Crippen LogP contribution in [0.3, 0.4) is 0 Å². The number of pyridine rings is 2. The SMILES string of the molecule is Cc1cc(C(F)(F)F)nc(-c2ccnc3cc(CN4C(=O)C(C)C(C)(C)C4=O)sc23)c1C(=O)N1CC2CCN(C)C2C1. The largest absolute Gasteiger partial charge is 0.433 e. The maximum Gasteiger partial charge on any atom is 0.433 e. The fraction of sp³-hybridized carbons (Fsp3) is 0.500. The zero-order valence-corrected chi connectivity index (χ0v) is 24.9. The molecule has 0 saturated carbocycles. The molecule has 42 heavy (non-hydrogen) atoms. The molecule has 6 heterocycles. The lowest BCUT2D eigenvalue weighted by Gasteiger charge is -2.23. The first-order valence-corrected chi connectivity index (χ1v) is 14.8. The Morgan fingerprint density at radius 3 is 2.57 bits per heavy atom. The highest BCUT2D eigenvalue weighted by molar-refractivity contribution is 7.19. The van der Waals surface area contributed by atoms with Crippen LogP contribution in [0.15, 0.2) is 24.4 Å². The standard InChI is InChI=1S/C30H32F3N5O3S/c1-15-10-22(30(31,32)33)35-24(23(15)27(40)37-12-17-7-9-36(5)21(17)14-37)19-6-8-34-20-11-18(42-25(19)20)13-38-26(39)16(2)29(3,4)28(38)41/h6,8,10-11,16-17,21H,7,9,12-14H2,1-5H3. The summed E-state index contributed by atoms with van der Waals surface area (Å²) < 4.78 is 42.4. The second-order valence-electron chi connectivity index (χ2n) is 12.3. The summed E-state index contributed by atoms with van der Waals surface area (Å²) in [5.41, 5.74) is -0.737. The number of likely N-dealkylation sites (N-methyl/N-ethyl adjacent to an activating group) is 1. The lowest BCUT2D eigenvalue weighted by atomic mass is 9.82. The third kappa shape index (κ3) is 4.50. The van der Waals surface area contributed by atoms with Crippen LogP contribution in [-0.2, 0) is 22.3 Å². The molecule has 0 aliphatic carbocycles. The van der Waals surface area contributed by atoms with Crippen molar-refractivity contribution in [2.75, 3.05) is 26.7 Å². The summed E-state index contributed by atoms with van der Waals surface area (Å²) in [5, 5.41) is 0. The van der Waals surface area contributed by atoms with Gasteiger partial charge in [-0.1, -0.05) is 20.8 Å². The first-order chi connectivity index (χ1) is 19.7. The first-order valence-electron chi connectivity index (χ1n) is 14.0. The van der Waals surface area contributed by atoms with E-state index in [1.54, 1.807) is 37.8 Å². The third-order valence-corrected chi connectivity index (χ3v) is 10.5. The Kier molecular flexibility index (Phi) is 6.73. The monoisotopic (exact) mass is 599 g/mol. The van der Waals surface area contributed by atoms with Crippen LogP contribution in [0.2, 0.25) is 0 Å². The number of imide groups is 1. The first kappa shape index (κ1) is 28.7. The Balaban J connectivity index is 1.43. The number of nitrogens with zero attached hydrogens (tertiary/aromatic N) is 5. The van der Waals surface area contributed by atoms with Crippen molar-refractivity contribution in [1.82, 2.24) is 24.7 Å². The highest BCUT2D eigenvalue weighted by Crippen LogP contribution is 2.42. The molecular weight excluding hydrogens is 567 g/mol. The Hall–Kier alpha value is -3.38. The van der Waals surface area contributed by atoms with Crippen LogP contribution in [0, 0.1) is 24.2 Å². The molecule has 0 radical (unpaired) electrons. The van der Waals surface area contributed by atoms with Gasteiger partial charge >= 0.3 is 6.18 Å². The predicted octanol–water partition coefficient (Wildman–Crippen LogP) is 4.99. The number of halogens is 3. The van der Waals surface area contributed by atoms with Gasteiger partial charge in [0.1, 0.15) is 5.69 Å². The van der Waals surface area contributed by atoms with Gasteiger partial charge in [0, 0.05) is 41.7 Å². The Morgan fingerprint density at radius 2 is 1.93 bits per heavy atom. The van der Waals surface area contributed by atoms with Gasteiger partial charge in [-0.3, -0.25) is 24.3 Å². The van der Waals surface area contributed by atoms with Crippen LogP contribution >= 0.6 is 11.3 Å². The molecule has 3 fully saturated rings. The molecule has 3 saturated heterocycles. The van der Waals surface area contributed by atoms with E-state index in [2.05, 4.69) is 14.9 Å². The zero-order valence-electron chi connectivity index (χ0n) is 24.1. The summed E-state index contributed by atoms with van der Waals surface area (Å²) in [5.74, 6) is -1.00. The quantitative estimate of drug-likeness (QED) is 0.393. The molecule has 0 bridgehead atoms. The highest BCUT2D eigenvalue weighted by Gasteiger charge is 2.51. The number of alkyl halides is 3. The minimum Gasteiger partial charge on any atom is -0.337 e. The summed E-state index contributed by atoms with van der Waals surface area (Å²) in [4.78, 5) is 54.2. The van der Waals surface area contributed by atoms with Crippen molar-refractivity contribution >= 4 is 39.3 Å². The molecule has 3 aliphatic heterocycles. The number of likely N-dealkylation sites (tertiary alicyclic amines) is 3. The van der Waals surface area contributed by atoms with Gasteiger partial charge in [0.2, 0.25) is 11.8 Å². The van der Waals surface area contributed by atoms with E-state index in [9.17, 15) is 27.6 Å². The maximum atomic E-state index is 14.0. The molecule has 3 aliphatic rings. The van der Waals surface area contributed by atoms with Gasteiger partial charge in [0.15, 0.2) is 0 Å². The van der Waals surface area contributed by atoms with Crippen LogP contribution < -0.4 is 0 Å². The number of thiophene rings is 1. The normalized spacial score (nSPS) is 24.3. The van der Waals surface area contributed by atoms with Gasteiger partial charge in [-0.2, -0.15) is 13.2 Å². The number of hydrogen-bond acceptors (Lipinski definition) is 7. The summed E-state index contributed by atoms with van der Waals surface area (Å²) >= 11 is 1.24. The summed E-state index contributed by atoms with van der Waals surface area (Å²) in [6.07, 6.45) is -2.25. The van der Waals surface area contributed by atoms with E-state index in [0.717, 1.165) is 19.0 Å². The van der Waals surface area contributed by atoms with E-state index in [4.69, 9.17) is 0 Å². The molecular formula is C30H32F3N5O3S. The molecule has 0 aromatic carbocycles. The van der Waals surface area contributed by atoms with Crippen LogP contribution in [0.5, 0.6) is 0 Å². The van der Waals surface area contributed by atoms with Crippen molar-refractivity contribution in [1.29, 1.82) is 0 Å². The number of hydrogen-bond donors (Lipinski definition) is 0. The van der Waals surface area contributed by atoms with E-state index in [1.165, 1.54) is 29.4 Å². The van der Waals surface area contributed by atoms with Crippen LogP contribution in [0.1, 0.15) is 53.7 Å². The third-order valence-electron chi connectivity index (χ3n) is 9.38. The zero-order chi connectivity index (χ0) is 30.3. The molecule has 3 atom stereocenters. The number of amides is 3. The van der Waals surface area contributed by atoms with Gasteiger partial charge in [-0.15, -0.1) is 11.3 Å². The summed E-state index contributed by atoms with van der Waals surface area (Å²) in [7, 11) is 2.03. The van der Waals surface area contributed by atoms with Crippen molar-refractivity contribution in [2.45, 2.75) is 52.9 Å². The number of rotatable bonds is 4. The highest BCUT2D eigenvalue weighted by atomic mass is 32.1. The van der Waals surface area contributed by atoms with E-state index < -0.39 is 23.2 Å². The molecule has 8 nitrogen and oxygen atoms in total. The maximum absolute atomic E-state index is 14.0. The topological polar surface area (TPSA) is 86.7 Å². The Morgan fingerprint density at radius 1 is 1.19 bits per heavy atom. The van der Waals surface area contributed by atoms with Crippen LogP contribution in [0.25, 0.3) is 21.5 Å². The van der Waals surface area contributed by atoms with Crippen LogP contribution in [-0.4, -0.2) is 75.1 Å². The second-order valence-corrected chi connectivity index (χ2v) is 13.4. The van der Waals surface area contributed by atoms with E-state index >= 15 is 0 Å². The minimum atomic E-state index is -4.71. The molecule has 222 valence electrons. The molecule has 3 unspecified atom stereocenters. The molecule has 3 aromatic heterocycles. The molecule has 0 spiro atoms. The van der Waals surface area contributed by atoms with E-state index in [1.807, 2.05) is 7.05 Å². The number of aryl methyl sites for hydroxylation is 1. The molecule has 0 N–H and O–H groups in total. The molecule has 3 aromatic rings. The molecule has 12 heteroatoms. The average Bonchev–Trinajstić information content (AvgIpc) is 3.66. The Bertz CT molecular complexity index is 1630. The van der Waals surface area contributed by atoms with Gasteiger partial charge in [0.25, 0.3) is 5.91 Å². The fourth-order valence-corrected chi connectivity index (χ4v) is 7.63. The van der Waals surface area contributed by atoms with Crippen molar-refractivity contribution in [3.63, 3.8) is 0 Å². The number of fused-ring (bicyclic) bond motifs is 2. The average molecular weight is 600 g/mol. The van der Waals surface area contributed by atoms with Gasteiger partial charge in [-0.25, -0.2) is 4.98 Å². The fourth-order valence-electron chi connectivity index (χ4n) is 6.51. The lowest BCUT2D eigenvalue weighted by Crippen LogP contribution is -2.35. The van der Waals surface area contributed by atoms with Crippen LogP contribution in [0.4, 0.5) is 13.2 Å². The van der Waals surface area contributed by atoms with Crippen molar-refractivity contribution in [3.8, 4) is 11.3 Å². The van der Waals surface area contributed by atoms with Crippen molar-refractivity contribution < 1.29 is 27.6 Å². The summed E-state index contributed by atoms with van der Waals surface area (Å²) in [6, 6.07) is 4.48. The van der Waals surface area contributed by atoms with E-state index in [0.29, 0.717) is 39.7 Å². The number of carbonyl (C=O) groups is 3. The molecule has 6 rings (SSSR count). The Labute approximate surface area is 245 Å². The van der Waals surface area contributed by atoms with E-state index in [-0.39, 0.29) is 47.1 Å². The van der Waals surface area contributed by atoms with Crippen molar-refractivity contribution in [2.24, 2.45) is 17.3 Å². The predicted molar refractivity (Wildman–Crippen MR) is 152 cm³/mol.